The number of carbonyl (C=O) groups excluding carboxylic acids is 1. The molecule has 1 aromatic carbocycles. The number of nitrogens with one attached hydrogen (secondary N) is 1. The minimum absolute atomic E-state index is 0.157. The first-order valence-electron chi connectivity index (χ1n) is 7.92. The normalized spacial score (nSPS) is 13.8. The fourth-order valence-corrected chi connectivity index (χ4v) is 2.47. The van der Waals surface area contributed by atoms with Crippen molar-refractivity contribution >= 4 is 17.0 Å². The van der Waals surface area contributed by atoms with Crippen molar-refractivity contribution in [2.24, 2.45) is 0 Å². The predicted molar refractivity (Wildman–Crippen MR) is 86.4 cm³/mol. The Hall–Kier alpha value is -3.03. The molecule has 0 radical (unpaired) electrons. The molecule has 0 saturated heterocycles. The van der Waals surface area contributed by atoms with E-state index in [9.17, 15) is 9.18 Å². The highest BCUT2D eigenvalue weighted by Crippen LogP contribution is 2.33. The Morgan fingerprint density at radius 2 is 2.08 bits per heavy atom. The van der Waals surface area contributed by atoms with Crippen LogP contribution in [0.4, 0.5) is 4.39 Å². The Bertz CT molecular complexity index is 935. The van der Waals surface area contributed by atoms with E-state index < -0.39 is 0 Å². The molecule has 1 N–H and O–H groups in total. The predicted octanol–water partition coefficient (Wildman–Crippen LogP) is 2.39. The van der Waals surface area contributed by atoms with Gasteiger partial charge in [-0.2, -0.15) is 9.97 Å². The number of carbonyl (C=O) groups is 1. The molecule has 0 bridgehead atoms. The summed E-state index contributed by atoms with van der Waals surface area (Å²) in [7, 11) is 0. The summed E-state index contributed by atoms with van der Waals surface area (Å²) in [5.74, 6) is 0.101. The molecule has 4 rings (SSSR count). The maximum atomic E-state index is 13.2. The highest BCUT2D eigenvalue weighted by Gasteiger charge is 2.24. The average Bonchev–Trinajstić information content (AvgIpc) is 3.30. The molecule has 1 aliphatic carbocycles. The van der Waals surface area contributed by atoms with Crippen LogP contribution in [0.2, 0.25) is 0 Å². The fourth-order valence-electron chi connectivity index (χ4n) is 2.47. The Morgan fingerprint density at radius 3 is 2.80 bits per heavy atom. The summed E-state index contributed by atoms with van der Waals surface area (Å²) in [6.07, 6.45) is 2.01. The number of rotatable bonds is 5. The molecule has 25 heavy (non-hydrogen) atoms. The highest BCUT2D eigenvalue weighted by molar-refractivity contribution is 5.93. The number of nitrogens with zero attached hydrogens (tertiary/aromatic N) is 3. The molecule has 2 aromatic heterocycles. The van der Waals surface area contributed by atoms with Crippen LogP contribution in [-0.4, -0.2) is 33.7 Å². The molecular weight excluding hydrogens is 327 g/mol. The van der Waals surface area contributed by atoms with Gasteiger partial charge < -0.3 is 14.6 Å². The van der Waals surface area contributed by atoms with Crippen LogP contribution in [0.3, 0.4) is 0 Å². The van der Waals surface area contributed by atoms with Crippen LogP contribution >= 0.6 is 0 Å². The molecule has 0 unspecified atom stereocenters. The van der Waals surface area contributed by atoms with Crippen molar-refractivity contribution in [2.45, 2.75) is 25.8 Å². The number of aromatic nitrogens is 3. The Balaban J connectivity index is 1.68. The van der Waals surface area contributed by atoms with Gasteiger partial charge in [-0.25, -0.2) is 4.39 Å². The van der Waals surface area contributed by atoms with Gasteiger partial charge in [0.2, 0.25) is 5.88 Å². The summed E-state index contributed by atoms with van der Waals surface area (Å²) in [5.41, 5.74) is 1.33. The second-order valence-corrected chi connectivity index (χ2v) is 5.92. The van der Waals surface area contributed by atoms with Crippen LogP contribution < -0.4 is 10.1 Å². The molecule has 0 aliphatic heterocycles. The number of amides is 1. The molecule has 1 aliphatic rings. The van der Waals surface area contributed by atoms with Crippen molar-refractivity contribution in [1.29, 1.82) is 0 Å². The molecule has 128 valence electrons. The van der Waals surface area contributed by atoms with Crippen LogP contribution in [0.5, 0.6) is 5.88 Å². The van der Waals surface area contributed by atoms with Crippen molar-refractivity contribution < 1.29 is 18.4 Å². The van der Waals surface area contributed by atoms with E-state index in [0.29, 0.717) is 22.5 Å². The standard InChI is InChI=1S/C17H15FN4O3/c1-9-19-16(24-8-13(23)21-12-6-7-12)14-15(22-25-17(14)20-9)10-2-4-11(18)5-3-10/h2-5,12H,6-8H2,1H3,(H,21,23). The lowest BCUT2D eigenvalue weighted by atomic mass is 10.1. The van der Waals surface area contributed by atoms with Crippen LogP contribution in [0, 0.1) is 12.7 Å². The van der Waals surface area contributed by atoms with Gasteiger partial charge in [-0.3, -0.25) is 4.79 Å². The number of fused-ring (bicyclic) bond motifs is 1. The third-order valence-electron chi connectivity index (χ3n) is 3.81. The van der Waals surface area contributed by atoms with E-state index in [-0.39, 0.29) is 36.0 Å². The fraction of sp³-hybridized carbons (Fsp3) is 0.294. The number of ether oxygens (including phenoxy) is 1. The molecule has 1 amide bonds. The Kier molecular flexibility index (Phi) is 3.79. The van der Waals surface area contributed by atoms with Gasteiger partial charge in [0.1, 0.15) is 22.7 Å². The highest BCUT2D eigenvalue weighted by atomic mass is 19.1. The SMILES string of the molecule is Cc1nc(OCC(=O)NC2CC2)c2c(-c3ccc(F)cc3)noc2n1. The van der Waals surface area contributed by atoms with E-state index in [0.717, 1.165) is 12.8 Å². The summed E-state index contributed by atoms with van der Waals surface area (Å²) in [6, 6.07) is 6.07. The smallest absolute Gasteiger partial charge is 0.265 e. The van der Waals surface area contributed by atoms with Crippen LogP contribution in [0.1, 0.15) is 18.7 Å². The third-order valence-corrected chi connectivity index (χ3v) is 3.81. The van der Waals surface area contributed by atoms with E-state index in [1.807, 2.05) is 0 Å². The van der Waals surface area contributed by atoms with Crippen molar-refractivity contribution in [3.8, 4) is 17.1 Å². The summed E-state index contributed by atoms with van der Waals surface area (Å²) in [5, 5.41) is 7.30. The van der Waals surface area contributed by atoms with Gasteiger partial charge in [-0.15, -0.1) is 0 Å². The van der Waals surface area contributed by atoms with E-state index in [1.165, 1.54) is 12.1 Å². The number of aryl methyl sites for hydroxylation is 1. The zero-order valence-electron chi connectivity index (χ0n) is 13.5. The summed E-state index contributed by atoms with van der Waals surface area (Å²) in [6.45, 7) is 1.53. The van der Waals surface area contributed by atoms with Crippen LogP contribution in [0.15, 0.2) is 28.8 Å². The molecule has 2 heterocycles. The van der Waals surface area contributed by atoms with Crippen molar-refractivity contribution in [1.82, 2.24) is 20.4 Å². The van der Waals surface area contributed by atoms with Gasteiger partial charge in [-0.05, 0) is 44.0 Å². The first-order valence-corrected chi connectivity index (χ1v) is 7.92. The van der Waals surface area contributed by atoms with Gasteiger partial charge >= 0.3 is 0 Å². The Morgan fingerprint density at radius 1 is 1.32 bits per heavy atom. The van der Waals surface area contributed by atoms with Gasteiger partial charge in [0, 0.05) is 11.6 Å². The number of halogens is 1. The lowest BCUT2D eigenvalue weighted by Gasteiger charge is -2.07. The van der Waals surface area contributed by atoms with Crippen LogP contribution in [0.25, 0.3) is 22.4 Å². The molecule has 8 heteroatoms. The van der Waals surface area contributed by atoms with Gasteiger partial charge in [0.25, 0.3) is 11.6 Å². The van der Waals surface area contributed by atoms with Gasteiger partial charge in [0.15, 0.2) is 6.61 Å². The van der Waals surface area contributed by atoms with E-state index in [1.54, 1.807) is 19.1 Å². The maximum absolute atomic E-state index is 13.2. The zero-order chi connectivity index (χ0) is 17.4. The number of hydrogen-bond donors (Lipinski definition) is 1. The minimum atomic E-state index is -0.350. The Labute approximate surface area is 142 Å². The number of hydrogen-bond acceptors (Lipinski definition) is 6. The van der Waals surface area contributed by atoms with Crippen LogP contribution in [-0.2, 0) is 4.79 Å². The first kappa shape index (κ1) is 15.5. The minimum Gasteiger partial charge on any atom is -0.467 e. The topological polar surface area (TPSA) is 90.1 Å². The van der Waals surface area contributed by atoms with E-state index >= 15 is 0 Å². The van der Waals surface area contributed by atoms with Gasteiger partial charge in [0.05, 0.1) is 0 Å². The second-order valence-electron chi connectivity index (χ2n) is 5.92. The van der Waals surface area contributed by atoms with Crippen molar-refractivity contribution in [3.05, 3.63) is 35.9 Å². The quantitative estimate of drug-likeness (QED) is 0.766. The molecular formula is C17H15FN4O3. The second kappa shape index (κ2) is 6.12. The largest absolute Gasteiger partial charge is 0.467 e. The summed E-state index contributed by atoms with van der Waals surface area (Å²) in [4.78, 5) is 20.3. The monoisotopic (exact) mass is 342 g/mol. The van der Waals surface area contributed by atoms with Crippen molar-refractivity contribution in [2.75, 3.05) is 6.61 Å². The average molecular weight is 342 g/mol. The van der Waals surface area contributed by atoms with Gasteiger partial charge in [-0.1, -0.05) is 5.16 Å². The zero-order valence-corrected chi connectivity index (χ0v) is 13.5. The summed E-state index contributed by atoms with van der Waals surface area (Å²) >= 11 is 0. The van der Waals surface area contributed by atoms with E-state index in [2.05, 4.69) is 20.4 Å². The molecule has 0 spiro atoms. The lowest BCUT2D eigenvalue weighted by molar-refractivity contribution is -0.123. The van der Waals surface area contributed by atoms with Crippen molar-refractivity contribution in [3.63, 3.8) is 0 Å². The maximum Gasteiger partial charge on any atom is 0.265 e. The van der Waals surface area contributed by atoms with E-state index in [4.69, 9.17) is 9.26 Å². The summed E-state index contributed by atoms with van der Waals surface area (Å²) < 4.78 is 24.0. The number of benzene rings is 1. The first-order chi connectivity index (χ1) is 12.1. The molecule has 1 fully saturated rings. The third kappa shape index (κ3) is 3.28. The molecule has 0 atom stereocenters. The molecule has 1 saturated carbocycles. The lowest BCUT2D eigenvalue weighted by Crippen LogP contribution is -2.30. The molecule has 7 nitrogen and oxygen atoms in total. The molecule has 3 aromatic rings.